The molecule has 27 heteroatoms. The van der Waals surface area contributed by atoms with Crippen molar-refractivity contribution in [2.75, 3.05) is 18.1 Å². The van der Waals surface area contributed by atoms with Gasteiger partial charge in [0.15, 0.2) is 5.96 Å². The molecule has 0 spiro atoms. The monoisotopic (exact) mass is 1240 g/mol. The highest BCUT2D eigenvalue weighted by Gasteiger charge is 2.36. The summed E-state index contributed by atoms with van der Waals surface area (Å²) in [6.45, 7) is 3.51. The number of nitrogens with two attached hydrogens (primary N) is 3. The maximum Gasteiger partial charge on any atom is 0.327 e. The van der Waals surface area contributed by atoms with Gasteiger partial charge in [0.1, 0.15) is 48.3 Å². The number of carboxylic acid groups (broad SMARTS) is 2. The van der Waals surface area contributed by atoms with Gasteiger partial charge in [-0.05, 0) is 53.5 Å². The lowest BCUT2D eigenvalue weighted by molar-refractivity contribution is -0.141. The Balaban J connectivity index is 1.44. The van der Waals surface area contributed by atoms with Crippen molar-refractivity contribution in [3.63, 3.8) is 0 Å². The number of carbonyl (C=O) groups is 10. The van der Waals surface area contributed by atoms with E-state index in [1.165, 1.54) is 0 Å². The molecule has 1 heterocycles. The third-order valence-electron chi connectivity index (χ3n) is 13.7. The zero-order chi connectivity index (χ0) is 63.6. The number of fused-ring (bicyclic) bond motifs is 1. The lowest BCUT2D eigenvalue weighted by Gasteiger charge is -2.28. The number of amides is 8. The molecule has 0 radical (unpaired) electrons. The molecule has 25 nitrogen and oxygen atoms in total. The molecule has 17 N–H and O–H groups in total. The van der Waals surface area contributed by atoms with Crippen LogP contribution >= 0.6 is 25.3 Å². The fraction of sp³-hybridized carbons (Fsp3) is 0.383. The van der Waals surface area contributed by atoms with Crippen LogP contribution in [0.15, 0.2) is 126 Å². The first kappa shape index (κ1) is 68.8. The van der Waals surface area contributed by atoms with E-state index in [0.29, 0.717) is 33.2 Å². The number of aromatic amines is 1. The number of hydrogen-bond donors (Lipinski definition) is 16. The topological polar surface area (TPSA) is 414 Å². The number of carboxylic acids is 2. The average molecular weight is 1240 g/mol. The molecule has 87 heavy (non-hydrogen) atoms. The number of aliphatic imine (C=N–C) groups is 1. The minimum atomic E-state index is -1.92. The predicted octanol–water partition coefficient (Wildman–Crippen LogP) is 0.163. The first-order valence-corrected chi connectivity index (χ1v) is 29.4. The Hall–Kier alpha value is -8.95. The number of thiol groups is 2. The van der Waals surface area contributed by atoms with Crippen LogP contribution in [-0.4, -0.2) is 153 Å². The molecule has 5 rings (SSSR count). The van der Waals surface area contributed by atoms with Crippen LogP contribution in [0, 0.1) is 5.92 Å². The van der Waals surface area contributed by atoms with Gasteiger partial charge >= 0.3 is 11.9 Å². The Labute approximate surface area is 514 Å². The van der Waals surface area contributed by atoms with Crippen LogP contribution in [0.25, 0.3) is 10.9 Å². The van der Waals surface area contributed by atoms with E-state index < -0.39 is 120 Å². The molecule has 8 amide bonds. The molecule has 0 saturated heterocycles. The second kappa shape index (κ2) is 34.9. The molecule has 0 unspecified atom stereocenters. The van der Waals surface area contributed by atoms with E-state index in [-0.39, 0.29) is 74.9 Å². The summed E-state index contributed by atoms with van der Waals surface area (Å²) in [5, 5.41) is 41.4. The van der Waals surface area contributed by atoms with Gasteiger partial charge in [0.25, 0.3) is 0 Å². The van der Waals surface area contributed by atoms with Gasteiger partial charge in [0.05, 0.1) is 12.5 Å². The molecule has 0 aliphatic rings. The Morgan fingerprint density at radius 3 is 1.33 bits per heavy atom. The Bertz CT molecular complexity index is 3170. The number of nitrogens with zero attached hydrogens (tertiary/aromatic N) is 1. The number of rotatable bonds is 35. The molecular formula is C60H77N13O12S2. The van der Waals surface area contributed by atoms with Gasteiger partial charge in [-0.2, -0.15) is 25.3 Å². The maximum absolute atomic E-state index is 14.6. The third kappa shape index (κ3) is 22.8. The lowest BCUT2D eigenvalue weighted by atomic mass is 9.99. The Morgan fingerprint density at radius 2 is 0.885 bits per heavy atom. The van der Waals surface area contributed by atoms with Crippen LogP contribution in [0.5, 0.6) is 0 Å². The van der Waals surface area contributed by atoms with Crippen molar-refractivity contribution in [2.45, 2.75) is 120 Å². The lowest BCUT2D eigenvalue weighted by Crippen LogP contribution is -2.61. The number of benzene rings is 4. The summed E-state index contributed by atoms with van der Waals surface area (Å²) in [7, 11) is 0. The second-order valence-corrected chi connectivity index (χ2v) is 21.8. The Kier molecular flexibility index (Phi) is 27.6. The smallest absolute Gasteiger partial charge is 0.327 e. The van der Waals surface area contributed by atoms with Crippen molar-refractivity contribution in [3.05, 3.63) is 144 Å². The molecule has 4 aromatic carbocycles. The standard InChI is InChI=1S/C60H77N13O12S2/c1-34(2)25-43(68-55(80)45(27-36-17-8-4-9-18-36)69-54(79)44(67-51(76)40(61)32-86)26-35-15-6-3-7-16-35)53(78)66-42(23-14-24-64-60(62)63)52(77)72-48(30-50(74)75)58(83)71-47(29-38-31-65-41-22-13-12-21-39(38)41)57(82)70-46(28-37-19-10-5-11-20-37)56(81)73-49(33-87)59(84)85/h3-13,15-22,31,34,40,42-49,65,86-87H,14,23-30,32-33,61H2,1-2H3,(H,66,78)(H,67,76)(H,68,80)(H,69,79)(H,70,82)(H,71,83)(H,72,77)(H,73,81)(H,74,75)(H,84,85)(H4,62,63,64)/t40-,42-,43-,44-,45-,46-,47-,48-,49-/m0/s1. The van der Waals surface area contributed by atoms with Crippen LogP contribution < -0.4 is 59.7 Å². The van der Waals surface area contributed by atoms with Crippen molar-refractivity contribution in [1.29, 1.82) is 0 Å². The highest BCUT2D eigenvalue weighted by atomic mass is 32.1. The van der Waals surface area contributed by atoms with E-state index in [9.17, 15) is 58.2 Å². The fourth-order valence-electron chi connectivity index (χ4n) is 9.22. The molecule has 0 bridgehead atoms. The number of nitrogens with one attached hydrogen (secondary N) is 9. The van der Waals surface area contributed by atoms with Crippen LogP contribution in [0.3, 0.4) is 0 Å². The normalized spacial score (nSPS) is 14.2. The van der Waals surface area contributed by atoms with Gasteiger partial charge < -0.3 is 74.9 Å². The first-order valence-electron chi connectivity index (χ1n) is 28.1. The summed E-state index contributed by atoms with van der Waals surface area (Å²) in [6, 6.07) is 20.2. The molecule has 0 aliphatic carbocycles. The summed E-state index contributed by atoms with van der Waals surface area (Å²) >= 11 is 8.18. The minimum absolute atomic E-state index is 0.00660. The number of guanidine groups is 1. The summed E-state index contributed by atoms with van der Waals surface area (Å²) in [6.07, 6.45) is -0.0363. The van der Waals surface area contributed by atoms with Gasteiger partial charge in [0, 0.05) is 60.8 Å². The van der Waals surface area contributed by atoms with Crippen molar-refractivity contribution >= 4 is 101 Å². The van der Waals surface area contributed by atoms with E-state index in [0.717, 1.165) is 0 Å². The largest absolute Gasteiger partial charge is 0.481 e. The number of H-pyrrole nitrogens is 1. The van der Waals surface area contributed by atoms with Crippen molar-refractivity contribution < 1.29 is 58.2 Å². The molecule has 1 aromatic heterocycles. The van der Waals surface area contributed by atoms with E-state index >= 15 is 0 Å². The second-order valence-electron chi connectivity index (χ2n) is 21.1. The van der Waals surface area contributed by atoms with E-state index in [1.807, 2.05) is 0 Å². The van der Waals surface area contributed by atoms with Crippen LogP contribution in [0.1, 0.15) is 61.8 Å². The highest BCUT2D eigenvalue weighted by Crippen LogP contribution is 2.20. The molecule has 0 fully saturated rings. The predicted molar refractivity (Wildman–Crippen MR) is 333 cm³/mol. The van der Waals surface area contributed by atoms with Crippen LogP contribution in [0.4, 0.5) is 0 Å². The quantitative estimate of drug-likeness (QED) is 0.0111. The maximum atomic E-state index is 14.6. The van der Waals surface area contributed by atoms with Crippen molar-refractivity contribution in [2.24, 2.45) is 28.1 Å². The summed E-state index contributed by atoms with van der Waals surface area (Å²) < 4.78 is 0. The number of aromatic nitrogens is 1. The Morgan fingerprint density at radius 1 is 0.494 bits per heavy atom. The molecule has 9 atom stereocenters. The number of hydrogen-bond acceptors (Lipinski definition) is 14. The van der Waals surface area contributed by atoms with Crippen molar-refractivity contribution in [1.82, 2.24) is 47.5 Å². The van der Waals surface area contributed by atoms with Gasteiger partial charge in [-0.25, -0.2) is 4.79 Å². The van der Waals surface area contributed by atoms with Crippen LogP contribution in [0.2, 0.25) is 0 Å². The van der Waals surface area contributed by atoms with E-state index in [2.05, 4.69) is 77.8 Å². The summed E-state index contributed by atoms with van der Waals surface area (Å²) in [4.78, 5) is 146. The minimum Gasteiger partial charge on any atom is -0.481 e. The zero-order valence-electron chi connectivity index (χ0n) is 48.1. The zero-order valence-corrected chi connectivity index (χ0v) is 49.9. The summed E-state index contributed by atoms with van der Waals surface area (Å²) in [5.74, 6) is -10.9. The molecule has 0 aliphatic heterocycles. The summed E-state index contributed by atoms with van der Waals surface area (Å²) in [5.41, 5.74) is 20.2. The molecule has 5 aromatic rings. The van der Waals surface area contributed by atoms with Crippen molar-refractivity contribution in [3.8, 4) is 0 Å². The molecule has 0 saturated carbocycles. The number of carbonyl (C=O) groups excluding carboxylic acids is 8. The van der Waals surface area contributed by atoms with Crippen LogP contribution in [-0.2, 0) is 73.6 Å². The van der Waals surface area contributed by atoms with Gasteiger partial charge in [0.2, 0.25) is 47.3 Å². The van der Waals surface area contributed by atoms with E-state index in [4.69, 9.17) is 17.2 Å². The van der Waals surface area contributed by atoms with Gasteiger partial charge in [-0.1, -0.05) is 123 Å². The molecular weight excluding hydrogens is 1160 g/mol. The number of aliphatic carboxylic acids is 2. The highest BCUT2D eigenvalue weighted by molar-refractivity contribution is 7.80. The average Bonchev–Trinajstić information content (AvgIpc) is 4.19. The van der Waals surface area contributed by atoms with Gasteiger partial charge in [-0.3, -0.25) is 48.1 Å². The molecule has 466 valence electrons. The first-order chi connectivity index (χ1) is 41.5. The van der Waals surface area contributed by atoms with E-state index in [1.54, 1.807) is 135 Å². The SMILES string of the molecule is CC(C)C[C@H](NC(=O)[C@H](Cc1ccccc1)NC(=O)[C@H](Cc1ccccc1)NC(=O)[C@@H](N)CS)C(=O)N[C@@H](CCCN=C(N)N)C(=O)N[C@@H](CC(=O)O)C(=O)N[C@@H](Cc1c[nH]c2ccccc12)C(=O)N[C@@H](Cc1ccccc1)C(=O)N[C@@H](CS)C(=O)O. The fourth-order valence-corrected chi connectivity index (χ4v) is 9.63. The number of para-hydroxylation sites is 1. The van der Waals surface area contributed by atoms with Gasteiger partial charge in [-0.15, -0.1) is 0 Å². The third-order valence-corrected chi connectivity index (χ3v) is 14.5.